The fraction of sp³-hybridized carbons (Fsp3) is 1.00. The zero-order valence-electron chi connectivity index (χ0n) is 17.9. The first kappa shape index (κ1) is 21.2. The molecule has 0 spiro atoms. The number of rotatable bonds is 12. The van der Waals surface area contributed by atoms with Gasteiger partial charge in [-0.3, -0.25) is 0 Å². The monoisotopic (exact) mass is 351 g/mol. The highest BCUT2D eigenvalue weighted by Crippen LogP contribution is 2.53. The Labute approximate surface area is 157 Å². The van der Waals surface area contributed by atoms with Crippen LogP contribution >= 0.6 is 0 Å². The molecule has 2 fully saturated rings. The number of hydrogen-bond acceptors (Lipinski definition) is 3. The molecule has 6 atom stereocenters. The fourth-order valence-corrected chi connectivity index (χ4v) is 5.36. The van der Waals surface area contributed by atoms with Crippen molar-refractivity contribution >= 4 is 0 Å². The third kappa shape index (κ3) is 4.78. The van der Waals surface area contributed by atoms with Crippen LogP contribution in [0.4, 0.5) is 0 Å². The zero-order chi connectivity index (χ0) is 18.6. The van der Waals surface area contributed by atoms with Crippen LogP contribution in [0, 0.1) is 11.8 Å². The summed E-state index contributed by atoms with van der Waals surface area (Å²) in [6.07, 6.45) is 13.6. The van der Waals surface area contributed by atoms with Crippen LogP contribution in [0.5, 0.6) is 0 Å². The molecular formula is C22H45N3. The van der Waals surface area contributed by atoms with E-state index in [0.717, 1.165) is 17.9 Å². The zero-order valence-corrected chi connectivity index (χ0v) is 17.9. The molecule has 2 heterocycles. The first-order chi connectivity index (χ1) is 11.9. The van der Waals surface area contributed by atoms with Crippen LogP contribution in [0.15, 0.2) is 0 Å². The molecule has 2 saturated heterocycles. The van der Waals surface area contributed by atoms with E-state index in [1.807, 2.05) is 0 Å². The second-order valence-electron chi connectivity index (χ2n) is 9.45. The summed E-state index contributed by atoms with van der Waals surface area (Å²) >= 11 is 0. The normalized spacial score (nSPS) is 34.3. The molecule has 0 aromatic rings. The Morgan fingerprint density at radius 3 is 2.36 bits per heavy atom. The minimum Gasteiger partial charge on any atom is -0.313 e. The maximum Gasteiger partial charge on any atom is 0.0916 e. The molecule has 0 saturated carbocycles. The predicted molar refractivity (Wildman–Crippen MR) is 109 cm³/mol. The maximum absolute atomic E-state index is 6.43. The average molecular weight is 352 g/mol. The van der Waals surface area contributed by atoms with Crippen molar-refractivity contribution in [2.24, 2.45) is 17.6 Å². The van der Waals surface area contributed by atoms with Gasteiger partial charge in [0.25, 0.3) is 0 Å². The molecule has 25 heavy (non-hydrogen) atoms. The number of hydrogen-bond donors (Lipinski definition) is 1. The van der Waals surface area contributed by atoms with Crippen molar-refractivity contribution in [3.8, 4) is 0 Å². The van der Waals surface area contributed by atoms with Crippen molar-refractivity contribution in [2.75, 3.05) is 0 Å². The summed E-state index contributed by atoms with van der Waals surface area (Å²) in [5.74, 6) is 1.74. The smallest absolute Gasteiger partial charge is 0.0916 e. The molecule has 3 heteroatoms. The summed E-state index contributed by atoms with van der Waals surface area (Å²) in [5, 5.41) is 5.29. The summed E-state index contributed by atoms with van der Waals surface area (Å²) in [4.78, 5) is 0. The SMILES string of the molecule is CCCC[C@H](CC)N1[C@H](CCC(CCC)CC(C)C)CC2(C)[C@H](N)N12. The van der Waals surface area contributed by atoms with Gasteiger partial charge in [-0.2, -0.15) is 0 Å². The van der Waals surface area contributed by atoms with Gasteiger partial charge in [-0.1, -0.05) is 60.3 Å². The van der Waals surface area contributed by atoms with E-state index in [0.29, 0.717) is 6.04 Å². The lowest BCUT2D eigenvalue weighted by Gasteiger charge is -2.36. The molecule has 2 N–H and O–H groups in total. The summed E-state index contributed by atoms with van der Waals surface area (Å²) in [7, 11) is 0. The van der Waals surface area contributed by atoms with Gasteiger partial charge in [-0.05, 0) is 57.3 Å². The van der Waals surface area contributed by atoms with E-state index in [-0.39, 0.29) is 11.7 Å². The molecule has 2 aliphatic heterocycles. The lowest BCUT2D eigenvalue weighted by Crippen LogP contribution is -2.46. The highest BCUT2D eigenvalue weighted by molar-refractivity contribution is 5.17. The Kier molecular flexibility index (Phi) is 7.79. The van der Waals surface area contributed by atoms with Gasteiger partial charge in [0.1, 0.15) is 0 Å². The van der Waals surface area contributed by atoms with Gasteiger partial charge in [-0.15, -0.1) is 0 Å². The number of hydrazine groups is 1. The van der Waals surface area contributed by atoms with Gasteiger partial charge in [0.15, 0.2) is 0 Å². The van der Waals surface area contributed by atoms with E-state index in [4.69, 9.17) is 5.73 Å². The van der Waals surface area contributed by atoms with Crippen molar-refractivity contribution in [2.45, 2.75) is 130 Å². The largest absolute Gasteiger partial charge is 0.313 e. The van der Waals surface area contributed by atoms with Gasteiger partial charge in [0.2, 0.25) is 0 Å². The van der Waals surface area contributed by atoms with Crippen molar-refractivity contribution in [3.63, 3.8) is 0 Å². The summed E-state index contributed by atoms with van der Waals surface area (Å²) < 4.78 is 0. The van der Waals surface area contributed by atoms with Crippen molar-refractivity contribution in [3.05, 3.63) is 0 Å². The van der Waals surface area contributed by atoms with Crippen molar-refractivity contribution < 1.29 is 0 Å². The standard InChI is InChI=1S/C22H45N3/c1-7-10-12-19(9-3)24-20(16-22(6)21(23)25(22)24)14-13-18(11-8-2)15-17(4)5/h17-21H,7-16,23H2,1-6H3/t18?,19-,20+,21+,22?,25?/m0/s1. The predicted octanol–water partition coefficient (Wildman–Crippen LogP) is 5.55. The first-order valence-corrected chi connectivity index (χ1v) is 11.2. The molecule has 2 aliphatic rings. The number of unbranched alkanes of at least 4 members (excludes halogenated alkanes) is 1. The molecule has 0 aromatic heterocycles. The lowest BCUT2D eigenvalue weighted by atomic mass is 9.86. The van der Waals surface area contributed by atoms with Gasteiger partial charge < -0.3 is 5.73 Å². The molecule has 0 radical (unpaired) electrons. The van der Waals surface area contributed by atoms with Gasteiger partial charge in [0.05, 0.1) is 11.7 Å². The van der Waals surface area contributed by atoms with Crippen LogP contribution in [0.3, 0.4) is 0 Å². The van der Waals surface area contributed by atoms with E-state index >= 15 is 0 Å². The van der Waals surface area contributed by atoms with E-state index in [1.54, 1.807) is 0 Å². The van der Waals surface area contributed by atoms with E-state index in [2.05, 4.69) is 51.6 Å². The first-order valence-electron chi connectivity index (χ1n) is 11.2. The minimum atomic E-state index is 0.253. The van der Waals surface area contributed by atoms with Crippen molar-refractivity contribution in [1.82, 2.24) is 10.0 Å². The van der Waals surface area contributed by atoms with Crippen LogP contribution in [-0.2, 0) is 0 Å². The Hall–Kier alpha value is -0.120. The van der Waals surface area contributed by atoms with Gasteiger partial charge in [-0.25, -0.2) is 10.0 Å². The molecule has 3 unspecified atom stereocenters. The van der Waals surface area contributed by atoms with Crippen LogP contribution in [0.2, 0.25) is 0 Å². The molecular weight excluding hydrogens is 306 g/mol. The summed E-state index contributed by atoms with van der Waals surface area (Å²) in [6, 6.07) is 1.41. The molecule has 0 amide bonds. The lowest BCUT2D eigenvalue weighted by molar-refractivity contribution is -0.00695. The minimum absolute atomic E-state index is 0.253. The van der Waals surface area contributed by atoms with Crippen molar-refractivity contribution in [1.29, 1.82) is 0 Å². The summed E-state index contributed by atoms with van der Waals surface area (Å²) in [5.41, 5.74) is 6.69. The number of nitrogens with two attached hydrogens (primary N) is 1. The Morgan fingerprint density at radius 1 is 1.08 bits per heavy atom. The molecule has 0 aromatic carbocycles. The summed E-state index contributed by atoms with van der Waals surface area (Å²) in [6.45, 7) is 14.2. The Morgan fingerprint density at radius 2 is 1.80 bits per heavy atom. The van der Waals surface area contributed by atoms with Crippen LogP contribution in [-0.4, -0.2) is 33.8 Å². The maximum atomic E-state index is 6.43. The van der Waals surface area contributed by atoms with Crippen LogP contribution in [0.1, 0.15) is 106 Å². The van der Waals surface area contributed by atoms with Gasteiger partial charge in [0, 0.05) is 12.1 Å². The number of fused-ring (bicyclic) bond motifs is 1. The highest BCUT2D eigenvalue weighted by Gasteiger charge is 2.67. The molecule has 0 aliphatic carbocycles. The second-order valence-corrected chi connectivity index (χ2v) is 9.45. The quantitative estimate of drug-likeness (QED) is 0.468. The Bertz CT molecular complexity index is 397. The number of nitrogens with zero attached hydrogens (tertiary/aromatic N) is 2. The van der Waals surface area contributed by atoms with E-state index < -0.39 is 0 Å². The molecule has 148 valence electrons. The topological polar surface area (TPSA) is 32.3 Å². The molecule has 2 rings (SSSR count). The highest BCUT2D eigenvalue weighted by atomic mass is 15.8. The molecule has 3 nitrogen and oxygen atoms in total. The molecule has 0 bridgehead atoms. The van der Waals surface area contributed by atoms with E-state index in [9.17, 15) is 0 Å². The van der Waals surface area contributed by atoms with Crippen LogP contribution < -0.4 is 5.73 Å². The third-order valence-corrected chi connectivity index (χ3v) is 6.77. The fourth-order valence-electron chi connectivity index (χ4n) is 5.36. The van der Waals surface area contributed by atoms with Gasteiger partial charge >= 0.3 is 0 Å². The Balaban J connectivity index is 1.99. The average Bonchev–Trinajstić information content (AvgIpc) is 2.93. The second kappa shape index (κ2) is 9.19. The van der Waals surface area contributed by atoms with E-state index in [1.165, 1.54) is 64.2 Å². The van der Waals surface area contributed by atoms with Crippen LogP contribution in [0.25, 0.3) is 0 Å². The third-order valence-electron chi connectivity index (χ3n) is 6.77.